The van der Waals surface area contributed by atoms with Crippen molar-refractivity contribution in [3.05, 3.63) is 101 Å². The van der Waals surface area contributed by atoms with E-state index in [4.69, 9.17) is 27.1 Å². The summed E-state index contributed by atoms with van der Waals surface area (Å²) in [4.78, 5) is 29.8. The number of rotatable bonds is 3. The van der Waals surface area contributed by atoms with Crippen LogP contribution in [0.1, 0.15) is 53.2 Å². The van der Waals surface area contributed by atoms with Crippen LogP contribution in [0.25, 0.3) is 22.3 Å². The van der Waals surface area contributed by atoms with Crippen LogP contribution in [0.4, 0.5) is 11.4 Å². The van der Waals surface area contributed by atoms with Gasteiger partial charge >= 0.3 is 5.97 Å². The normalized spacial score (nSPS) is 15.4. The fourth-order valence-electron chi connectivity index (χ4n) is 4.94. The van der Waals surface area contributed by atoms with Crippen molar-refractivity contribution in [2.45, 2.75) is 31.6 Å². The predicted molar refractivity (Wildman–Crippen MR) is 151 cm³/mol. The highest BCUT2D eigenvalue weighted by molar-refractivity contribution is 6.31. The number of halogens is 1. The summed E-state index contributed by atoms with van der Waals surface area (Å²) in [6.07, 6.45) is 4.73. The predicted octanol–water partition coefficient (Wildman–Crippen LogP) is 7.08. The minimum absolute atomic E-state index is 0.0374. The zero-order chi connectivity index (χ0) is 26.6. The number of pyridine rings is 1. The first kappa shape index (κ1) is 25.5. The lowest BCUT2D eigenvalue weighted by molar-refractivity contribution is -0.116. The lowest BCUT2D eigenvalue weighted by Gasteiger charge is -2.21. The van der Waals surface area contributed by atoms with E-state index in [1.54, 1.807) is 30.3 Å². The molecule has 192 valence electrons. The van der Waals surface area contributed by atoms with E-state index in [0.717, 1.165) is 52.8 Å². The third-order valence-corrected chi connectivity index (χ3v) is 7.17. The van der Waals surface area contributed by atoms with Crippen molar-refractivity contribution >= 4 is 34.9 Å². The lowest BCUT2D eigenvalue weighted by Crippen LogP contribution is -2.13. The van der Waals surface area contributed by atoms with Gasteiger partial charge in [0.1, 0.15) is 0 Å². The van der Waals surface area contributed by atoms with Crippen LogP contribution in [0.15, 0.2) is 79.0 Å². The molecule has 2 heterocycles. The summed E-state index contributed by atoms with van der Waals surface area (Å²) in [5.74, 6) is -0.439. The average Bonchev–Trinajstić information content (AvgIpc) is 2.94. The second-order valence-electron chi connectivity index (χ2n) is 9.43. The van der Waals surface area contributed by atoms with Crippen molar-refractivity contribution in [3.63, 3.8) is 0 Å². The van der Waals surface area contributed by atoms with Crippen molar-refractivity contribution in [2.75, 3.05) is 18.2 Å². The summed E-state index contributed by atoms with van der Waals surface area (Å²) in [5.41, 5.74) is 13.4. The highest BCUT2D eigenvalue weighted by Crippen LogP contribution is 2.36. The first-order valence-electron chi connectivity index (χ1n) is 12.6. The highest BCUT2D eigenvalue weighted by Gasteiger charge is 2.20. The summed E-state index contributed by atoms with van der Waals surface area (Å²) in [6.45, 7) is 0. The average molecular weight is 526 g/mol. The fourth-order valence-corrected chi connectivity index (χ4v) is 5.11. The van der Waals surface area contributed by atoms with Gasteiger partial charge in [-0.15, -0.1) is 0 Å². The largest absolute Gasteiger partial charge is 0.465 e. The van der Waals surface area contributed by atoms with Crippen LogP contribution < -0.4 is 11.1 Å². The number of aromatic nitrogens is 1. The molecule has 7 heteroatoms. The molecule has 4 aromatic rings. The Balaban J connectivity index is 1.56. The van der Waals surface area contributed by atoms with Crippen LogP contribution in [0, 0.1) is 0 Å². The van der Waals surface area contributed by atoms with Crippen molar-refractivity contribution in [1.82, 2.24) is 4.98 Å². The number of hydrogen-bond donors (Lipinski definition) is 2. The molecule has 0 radical (unpaired) electrons. The minimum Gasteiger partial charge on any atom is -0.465 e. The van der Waals surface area contributed by atoms with Crippen LogP contribution in [0.5, 0.6) is 0 Å². The number of carbonyl (C=O) groups is 2. The van der Waals surface area contributed by atoms with Crippen LogP contribution in [0.2, 0.25) is 5.02 Å². The van der Waals surface area contributed by atoms with Gasteiger partial charge in [0.15, 0.2) is 0 Å². The number of carbonyl (C=O) groups excluding carboxylic acids is 2. The topological polar surface area (TPSA) is 94.3 Å². The van der Waals surface area contributed by atoms with Crippen molar-refractivity contribution < 1.29 is 14.3 Å². The molecular weight excluding hydrogens is 498 g/mol. The first-order chi connectivity index (χ1) is 18.4. The van der Waals surface area contributed by atoms with Crippen molar-refractivity contribution in [1.29, 1.82) is 0 Å². The fraction of sp³-hybridized carbons (Fsp3) is 0.194. The lowest BCUT2D eigenvalue weighted by atomic mass is 9.87. The number of ether oxygens (including phenoxy) is 1. The van der Waals surface area contributed by atoms with Gasteiger partial charge in [-0.05, 0) is 66.4 Å². The molecule has 2 bridgehead atoms. The van der Waals surface area contributed by atoms with Crippen LogP contribution >= 0.6 is 11.6 Å². The first-order valence-corrected chi connectivity index (χ1v) is 12.9. The number of methoxy groups -OCH3 is 1. The summed E-state index contributed by atoms with van der Waals surface area (Å²) >= 11 is 6.20. The molecule has 1 atom stereocenters. The zero-order valence-corrected chi connectivity index (χ0v) is 21.8. The van der Waals surface area contributed by atoms with Crippen LogP contribution in [0.3, 0.4) is 0 Å². The molecule has 1 amide bonds. The van der Waals surface area contributed by atoms with Gasteiger partial charge in [0.05, 0.1) is 12.7 Å². The molecule has 0 aliphatic carbocycles. The van der Waals surface area contributed by atoms with Crippen molar-refractivity contribution in [3.8, 4) is 22.3 Å². The summed E-state index contributed by atoms with van der Waals surface area (Å²) in [5, 5.41) is 3.64. The molecule has 1 unspecified atom stereocenters. The molecular formula is C31H28ClN3O3. The van der Waals surface area contributed by atoms with E-state index in [0.29, 0.717) is 28.4 Å². The monoisotopic (exact) mass is 525 g/mol. The van der Waals surface area contributed by atoms with Gasteiger partial charge in [-0.2, -0.15) is 0 Å². The number of nitrogens with zero attached hydrogens (tertiary/aromatic N) is 1. The van der Waals surface area contributed by atoms with Crippen LogP contribution in [-0.4, -0.2) is 24.0 Å². The van der Waals surface area contributed by atoms with Crippen LogP contribution in [-0.2, 0) is 9.53 Å². The number of nitrogens with two attached hydrogens (primary N) is 1. The molecule has 6 nitrogen and oxygen atoms in total. The summed E-state index contributed by atoms with van der Waals surface area (Å²) in [6, 6.07) is 22.9. The number of anilines is 2. The number of fused-ring (bicyclic) bond motifs is 4. The molecule has 0 saturated heterocycles. The Labute approximate surface area is 226 Å². The summed E-state index contributed by atoms with van der Waals surface area (Å²) in [7, 11) is 1.36. The Bertz CT molecular complexity index is 1500. The van der Waals surface area contributed by atoms with E-state index in [1.165, 1.54) is 7.11 Å². The van der Waals surface area contributed by atoms with E-state index in [2.05, 4.69) is 17.4 Å². The SMILES string of the molecule is COC(=O)c1ccc2c(c1)-c1cccc(c1)C(c1ccc(-c3cc(Cl)ccc3N)cn1)CCCCC(=O)N2. The Morgan fingerprint density at radius 2 is 1.87 bits per heavy atom. The number of esters is 1. The van der Waals surface area contributed by atoms with E-state index in [-0.39, 0.29) is 11.8 Å². The molecule has 3 N–H and O–H groups in total. The molecule has 1 aliphatic heterocycles. The van der Waals surface area contributed by atoms with Gasteiger partial charge in [0, 0.05) is 57.3 Å². The van der Waals surface area contributed by atoms with Crippen molar-refractivity contribution in [2.24, 2.45) is 0 Å². The molecule has 1 aliphatic rings. The third kappa shape index (κ3) is 5.41. The zero-order valence-electron chi connectivity index (χ0n) is 21.0. The second-order valence-corrected chi connectivity index (χ2v) is 9.86. The maximum atomic E-state index is 12.7. The highest BCUT2D eigenvalue weighted by atomic mass is 35.5. The van der Waals surface area contributed by atoms with Gasteiger partial charge in [-0.1, -0.05) is 48.4 Å². The molecule has 38 heavy (non-hydrogen) atoms. The molecule has 0 spiro atoms. The Morgan fingerprint density at radius 3 is 2.66 bits per heavy atom. The van der Waals surface area contributed by atoms with E-state index in [9.17, 15) is 9.59 Å². The summed E-state index contributed by atoms with van der Waals surface area (Å²) < 4.78 is 4.92. The quantitative estimate of drug-likeness (QED) is 0.220. The Morgan fingerprint density at radius 1 is 1.00 bits per heavy atom. The maximum absolute atomic E-state index is 12.7. The van der Waals surface area contributed by atoms with Gasteiger partial charge in [0.25, 0.3) is 0 Å². The van der Waals surface area contributed by atoms with Gasteiger partial charge in [0.2, 0.25) is 5.91 Å². The van der Waals surface area contributed by atoms with Gasteiger partial charge in [-0.3, -0.25) is 9.78 Å². The Hall–Kier alpha value is -4.16. The van der Waals surface area contributed by atoms with Gasteiger partial charge < -0.3 is 15.8 Å². The maximum Gasteiger partial charge on any atom is 0.337 e. The number of hydrogen-bond acceptors (Lipinski definition) is 5. The standard InChI is InChI=1S/C31H28ClN3O3/c1-38-31(37)21-9-14-29-26(16-21)20-6-4-5-19(15-20)24(7-2-3-8-30(36)35-29)28-13-10-22(18-34-28)25-17-23(32)11-12-27(25)33/h4-6,9-18,24H,2-3,7-8,33H2,1H3,(H,35,36). The number of benzene rings is 3. The number of nitrogen functional groups attached to an aromatic ring is 1. The smallest absolute Gasteiger partial charge is 0.337 e. The third-order valence-electron chi connectivity index (χ3n) is 6.93. The van der Waals surface area contributed by atoms with E-state index >= 15 is 0 Å². The molecule has 1 aromatic heterocycles. The number of amides is 1. The Kier molecular flexibility index (Phi) is 7.43. The minimum atomic E-state index is -0.427. The molecule has 3 aromatic carbocycles. The molecule has 0 fully saturated rings. The van der Waals surface area contributed by atoms with E-state index in [1.807, 2.05) is 36.5 Å². The van der Waals surface area contributed by atoms with Gasteiger partial charge in [-0.25, -0.2) is 4.79 Å². The molecule has 5 rings (SSSR count). The number of nitrogens with one attached hydrogen (secondary N) is 1. The van der Waals surface area contributed by atoms with E-state index < -0.39 is 5.97 Å². The second kappa shape index (κ2) is 11.1. The molecule has 0 saturated carbocycles.